The van der Waals surface area contributed by atoms with Gasteiger partial charge in [-0.25, -0.2) is 4.79 Å². The highest BCUT2D eigenvalue weighted by molar-refractivity contribution is 5.86. The minimum atomic E-state index is -0.437. The molecule has 3 aromatic carbocycles. The standard InChI is InChI=1S/C30H36N6O5.3C2H6/c1-23(2)30(40)41-22-18-36(17-21-39)29-13-9-27(10-14-29)34-32-25-5-3-24(4-6-25)31-33-26-7-11-28(12-8-26)35(15-19-37)16-20-38;3*1-2/h3-14,37-39H,1,15-22H2,2H3;3*1-2H3. The number of aliphatic hydroxyl groups is 3. The first-order valence-electron chi connectivity index (χ1n) is 16.2. The maximum absolute atomic E-state index is 11.6. The van der Waals surface area contributed by atoms with E-state index in [0.29, 0.717) is 54.5 Å². The zero-order chi connectivity index (χ0) is 35.5. The van der Waals surface area contributed by atoms with Gasteiger partial charge in [-0.3, -0.25) is 0 Å². The van der Waals surface area contributed by atoms with E-state index in [1.807, 2.05) is 99.9 Å². The summed E-state index contributed by atoms with van der Waals surface area (Å²) in [6, 6.07) is 22.0. The van der Waals surface area contributed by atoms with Crippen LogP contribution in [0.4, 0.5) is 34.1 Å². The Labute approximate surface area is 281 Å². The van der Waals surface area contributed by atoms with Gasteiger partial charge in [-0.05, 0) is 79.7 Å². The van der Waals surface area contributed by atoms with Gasteiger partial charge in [-0.2, -0.15) is 20.5 Å². The Bertz CT molecular complexity index is 1290. The first-order valence-corrected chi connectivity index (χ1v) is 16.2. The Morgan fingerprint density at radius 3 is 1.13 bits per heavy atom. The number of carbonyl (C=O) groups excluding carboxylic acids is 1. The molecule has 47 heavy (non-hydrogen) atoms. The van der Waals surface area contributed by atoms with Crippen molar-refractivity contribution < 1.29 is 24.9 Å². The molecule has 258 valence electrons. The number of azo groups is 2. The third-order valence-electron chi connectivity index (χ3n) is 5.89. The molecule has 0 saturated carbocycles. The van der Waals surface area contributed by atoms with Gasteiger partial charge >= 0.3 is 5.97 Å². The van der Waals surface area contributed by atoms with Crippen molar-refractivity contribution in [3.63, 3.8) is 0 Å². The van der Waals surface area contributed by atoms with Crippen LogP contribution in [0.2, 0.25) is 0 Å². The Morgan fingerprint density at radius 1 is 0.574 bits per heavy atom. The number of anilines is 2. The molecule has 0 amide bonds. The van der Waals surface area contributed by atoms with Crippen LogP contribution in [-0.2, 0) is 9.53 Å². The summed E-state index contributed by atoms with van der Waals surface area (Å²) in [4.78, 5) is 15.4. The predicted octanol–water partition coefficient (Wildman–Crippen LogP) is 8.31. The molecule has 0 spiro atoms. The quantitative estimate of drug-likeness (QED) is 0.0804. The maximum atomic E-state index is 11.6. The van der Waals surface area contributed by atoms with Crippen molar-refractivity contribution >= 4 is 40.1 Å². The molecule has 0 bridgehead atoms. The number of hydrogen-bond donors (Lipinski definition) is 3. The van der Waals surface area contributed by atoms with Crippen LogP contribution < -0.4 is 9.80 Å². The molecule has 0 radical (unpaired) electrons. The van der Waals surface area contributed by atoms with E-state index in [1.54, 1.807) is 31.2 Å². The fraction of sp³-hybridized carbons (Fsp3) is 0.417. The smallest absolute Gasteiger partial charge is 0.333 e. The lowest BCUT2D eigenvalue weighted by Gasteiger charge is -2.23. The molecule has 3 aromatic rings. The highest BCUT2D eigenvalue weighted by atomic mass is 16.5. The molecular formula is C36H54N6O5. The summed E-state index contributed by atoms with van der Waals surface area (Å²) >= 11 is 0. The van der Waals surface area contributed by atoms with E-state index < -0.39 is 5.97 Å². The second-order valence-corrected chi connectivity index (χ2v) is 9.01. The summed E-state index contributed by atoms with van der Waals surface area (Å²) in [7, 11) is 0. The van der Waals surface area contributed by atoms with Crippen LogP contribution in [0.25, 0.3) is 0 Å². The number of benzene rings is 3. The molecule has 0 fully saturated rings. The second-order valence-electron chi connectivity index (χ2n) is 9.01. The SMILES string of the molecule is C=C(C)C(=O)OCCN(CCO)c1ccc(N=Nc2ccc(N=Nc3ccc(N(CCO)CCO)cc3)cc2)cc1.CC.CC.CC. The normalized spacial score (nSPS) is 10.2. The molecule has 0 aliphatic heterocycles. The summed E-state index contributed by atoms with van der Waals surface area (Å²) < 4.78 is 5.16. The van der Waals surface area contributed by atoms with E-state index in [-0.39, 0.29) is 26.4 Å². The first kappa shape index (κ1) is 42.6. The molecule has 3 N–H and O–H groups in total. The van der Waals surface area contributed by atoms with E-state index in [1.165, 1.54) is 0 Å². The summed E-state index contributed by atoms with van der Waals surface area (Å²) in [6.07, 6.45) is 0. The maximum Gasteiger partial charge on any atom is 0.333 e. The summed E-state index contributed by atoms with van der Waals surface area (Å²) in [6.45, 7) is 19.0. The number of rotatable bonds is 16. The molecule has 0 aliphatic carbocycles. The van der Waals surface area contributed by atoms with Gasteiger partial charge in [0.15, 0.2) is 0 Å². The molecule has 11 nitrogen and oxygen atoms in total. The fourth-order valence-corrected chi connectivity index (χ4v) is 3.75. The van der Waals surface area contributed by atoms with Gasteiger partial charge in [0.05, 0.1) is 49.1 Å². The van der Waals surface area contributed by atoms with Crippen LogP contribution in [-0.4, -0.2) is 73.9 Å². The molecule has 0 aliphatic rings. The molecule has 11 heteroatoms. The highest BCUT2D eigenvalue weighted by Crippen LogP contribution is 2.26. The summed E-state index contributed by atoms with van der Waals surface area (Å²) in [5.74, 6) is -0.437. The Balaban J connectivity index is 0.00000333. The van der Waals surface area contributed by atoms with Crippen LogP contribution in [0, 0.1) is 0 Å². The van der Waals surface area contributed by atoms with Gasteiger partial charge < -0.3 is 29.9 Å². The van der Waals surface area contributed by atoms with Gasteiger partial charge in [0.25, 0.3) is 0 Å². The number of aliphatic hydroxyl groups excluding tert-OH is 3. The zero-order valence-electron chi connectivity index (χ0n) is 29.1. The van der Waals surface area contributed by atoms with Crippen molar-refractivity contribution in [3.8, 4) is 0 Å². The van der Waals surface area contributed by atoms with Gasteiger partial charge in [0.2, 0.25) is 0 Å². The second kappa shape index (κ2) is 26.7. The Morgan fingerprint density at radius 2 is 0.851 bits per heavy atom. The van der Waals surface area contributed by atoms with Crippen LogP contribution in [0.15, 0.2) is 105 Å². The minimum Gasteiger partial charge on any atom is -0.460 e. The monoisotopic (exact) mass is 650 g/mol. The van der Waals surface area contributed by atoms with E-state index in [9.17, 15) is 20.1 Å². The lowest BCUT2D eigenvalue weighted by molar-refractivity contribution is -0.138. The third kappa shape index (κ3) is 16.6. The fourth-order valence-electron chi connectivity index (χ4n) is 3.75. The predicted molar refractivity (Wildman–Crippen MR) is 193 cm³/mol. The third-order valence-corrected chi connectivity index (χ3v) is 5.89. The number of nitrogens with zero attached hydrogens (tertiary/aromatic N) is 6. The molecule has 0 saturated heterocycles. The number of ether oxygens (including phenoxy) is 1. The Kier molecular flexibility index (Phi) is 24.2. The zero-order valence-corrected chi connectivity index (χ0v) is 29.1. The van der Waals surface area contributed by atoms with E-state index in [0.717, 1.165) is 11.4 Å². The lowest BCUT2D eigenvalue weighted by atomic mass is 10.2. The summed E-state index contributed by atoms with van der Waals surface area (Å²) in [5, 5.41) is 44.9. The average molecular weight is 651 g/mol. The van der Waals surface area contributed by atoms with Crippen molar-refractivity contribution in [2.75, 3.05) is 62.4 Å². The van der Waals surface area contributed by atoms with Crippen molar-refractivity contribution in [1.29, 1.82) is 0 Å². The average Bonchev–Trinajstić information content (AvgIpc) is 3.13. The number of esters is 1. The van der Waals surface area contributed by atoms with Crippen molar-refractivity contribution in [3.05, 3.63) is 84.9 Å². The van der Waals surface area contributed by atoms with E-state index in [4.69, 9.17) is 4.74 Å². The molecule has 0 aromatic heterocycles. The van der Waals surface area contributed by atoms with Crippen molar-refractivity contribution in [1.82, 2.24) is 0 Å². The molecule has 0 atom stereocenters. The molecule has 0 unspecified atom stereocenters. The minimum absolute atomic E-state index is 0.00520. The van der Waals surface area contributed by atoms with E-state index >= 15 is 0 Å². The molecule has 3 rings (SSSR count). The van der Waals surface area contributed by atoms with Crippen molar-refractivity contribution in [2.45, 2.75) is 48.5 Å². The van der Waals surface area contributed by atoms with Gasteiger partial charge in [-0.1, -0.05) is 48.1 Å². The van der Waals surface area contributed by atoms with Crippen LogP contribution in [0.3, 0.4) is 0 Å². The van der Waals surface area contributed by atoms with Gasteiger partial charge in [0, 0.05) is 36.6 Å². The van der Waals surface area contributed by atoms with E-state index in [2.05, 4.69) is 27.0 Å². The van der Waals surface area contributed by atoms with Gasteiger partial charge in [-0.15, -0.1) is 0 Å². The van der Waals surface area contributed by atoms with Crippen LogP contribution in [0.1, 0.15) is 48.5 Å². The molecular weight excluding hydrogens is 596 g/mol. The number of carbonyl (C=O) groups is 1. The first-order chi connectivity index (χ1) is 22.9. The topological polar surface area (TPSA) is 143 Å². The van der Waals surface area contributed by atoms with Gasteiger partial charge in [0.1, 0.15) is 6.61 Å². The van der Waals surface area contributed by atoms with Crippen LogP contribution in [0.5, 0.6) is 0 Å². The lowest BCUT2D eigenvalue weighted by Crippen LogP contribution is -2.31. The molecule has 0 heterocycles. The largest absolute Gasteiger partial charge is 0.460 e. The summed E-state index contributed by atoms with van der Waals surface area (Å²) in [5.41, 5.74) is 4.76. The number of hydrogen-bond acceptors (Lipinski definition) is 11. The Hall–Kier alpha value is -4.45. The highest BCUT2D eigenvalue weighted by Gasteiger charge is 2.09. The van der Waals surface area contributed by atoms with Crippen LogP contribution >= 0.6 is 0 Å². The van der Waals surface area contributed by atoms with Crippen molar-refractivity contribution in [2.24, 2.45) is 20.5 Å².